The lowest BCUT2D eigenvalue weighted by atomic mass is 10.1. The number of aryl methyl sites for hydroxylation is 2. The van der Waals surface area contributed by atoms with E-state index in [9.17, 15) is 18.3 Å². The van der Waals surface area contributed by atoms with Crippen LogP contribution in [-0.2, 0) is 6.54 Å². The zero-order chi connectivity index (χ0) is 20.9. The maximum absolute atomic E-state index is 13.2. The summed E-state index contributed by atoms with van der Waals surface area (Å²) in [6.45, 7) is 3.08. The zero-order valence-corrected chi connectivity index (χ0v) is 16.6. The number of benzene rings is 2. The Morgan fingerprint density at radius 1 is 1.21 bits per heavy atom. The van der Waals surface area contributed by atoms with E-state index in [-0.39, 0.29) is 21.6 Å². The van der Waals surface area contributed by atoms with Crippen LogP contribution in [0.4, 0.5) is 24.8 Å². The average Bonchev–Trinajstić information content (AvgIpc) is 3.08. The van der Waals surface area contributed by atoms with E-state index in [4.69, 9.17) is 16.3 Å². The highest BCUT2D eigenvalue weighted by Crippen LogP contribution is 2.42. The normalized spacial score (nSPS) is 15.5. The number of alkyl halides is 3. The number of halogens is 4. The standard InChI is InChI=1S/C20H19ClF3N3O2/c1-11-10-12(29-2)4-7-15(11)26-8-3-9-27-17-13(18(28)20(22,23)24)5-6-14(21)16(17)25-19(26)27/h4-7,10,18,28H,3,8-9H2,1-2H3. The summed E-state index contributed by atoms with van der Waals surface area (Å²) in [6.07, 6.45) is -6.69. The van der Waals surface area contributed by atoms with E-state index in [2.05, 4.69) is 4.98 Å². The number of aliphatic hydroxyl groups excluding tert-OH is 1. The lowest BCUT2D eigenvalue weighted by molar-refractivity contribution is -0.206. The number of hydrogen-bond donors (Lipinski definition) is 1. The molecule has 2 heterocycles. The van der Waals surface area contributed by atoms with E-state index in [0.29, 0.717) is 25.5 Å². The van der Waals surface area contributed by atoms with Crippen LogP contribution < -0.4 is 9.64 Å². The first-order valence-corrected chi connectivity index (χ1v) is 9.45. The minimum atomic E-state index is -4.79. The van der Waals surface area contributed by atoms with Crippen LogP contribution in [0, 0.1) is 6.92 Å². The van der Waals surface area contributed by atoms with Gasteiger partial charge in [-0.05, 0) is 43.2 Å². The third-order valence-corrected chi connectivity index (χ3v) is 5.47. The van der Waals surface area contributed by atoms with Gasteiger partial charge in [0.2, 0.25) is 5.95 Å². The van der Waals surface area contributed by atoms with Crippen LogP contribution in [-0.4, -0.2) is 34.5 Å². The highest BCUT2D eigenvalue weighted by atomic mass is 35.5. The van der Waals surface area contributed by atoms with Crippen molar-refractivity contribution in [3.05, 3.63) is 46.5 Å². The van der Waals surface area contributed by atoms with E-state index in [1.807, 2.05) is 30.0 Å². The summed E-state index contributed by atoms with van der Waals surface area (Å²) in [5, 5.41) is 10.2. The molecule has 5 nitrogen and oxygen atoms in total. The number of hydrogen-bond acceptors (Lipinski definition) is 4. The third-order valence-electron chi connectivity index (χ3n) is 5.16. The Balaban J connectivity index is 1.91. The molecular weight excluding hydrogens is 407 g/mol. The number of aliphatic hydroxyl groups is 1. The van der Waals surface area contributed by atoms with Gasteiger partial charge in [-0.3, -0.25) is 0 Å². The Labute approximate surface area is 170 Å². The molecule has 3 aromatic rings. The first-order chi connectivity index (χ1) is 13.7. The molecule has 0 spiro atoms. The van der Waals surface area contributed by atoms with Crippen molar-refractivity contribution in [1.29, 1.82) is 0 Å². The molecule has 0 fully saturated rings. The molecule has 154 valence electrons. The van der Waals surface area contributed by atoms with Crippen LogP contribution in [0.1, 0.15) is 23.7 Å². The number of nitrogens with zero attached hydrogens (tertiary/aromatic N) is 3. The molecule has 9 heteroatoms. The van der Waals surface area contributed by atoms with Gasteiger partial charge in [-0.1, -0.05) is 17.7 Å². The number of imidazole rings is 1. The lowest BCUT2D eigenvalue weighted by Crippen LogP contribution is -2.29. The fraction of sp³-hybridized carbons (Fsp3) is 0.350. The van der Waals surface area contributed by atoms with E-state index >= 15 is 0 Å². The Hall–Kier alpha value is -2.45. The largest absolute Gasteiger partial charge is 0.497 e. The number of methoxy groups -OCH3 is 1. The van der Waals surface area contributed by atoms with Gasteiger partial charge in [0, 0.05) is 24.3 Å². The summed E-state index contributed by atoms with van der Waals surface area (Å²) in [5.74, 6) is 1.22. The van der Waals surface area contributed by atoms with Gasteiger partial charge in [-0.25, -0.2) is 4.98 Å². The monoisotopic (exact) mass is 425 g/mol. The van der Waals surface area contributed by atoms with E-state index < -0.39 is 12.3 Å². The Morgan fingerprint density at radius 2 is 1.97 bits per heavy atom. The van der Waals surface area contributed by atoms with Crippen molar-refractivity contribution in [2.24, 2.45) is 0 Å². The van der Waals surface area contributed by atoms with Gasteiger partial charge in [0.25, 0.3) is 0 Å². The second-order valence-electron chi connectivity index (χ2n) is 7.00. The van der Waals surface area contributed by atoms with Gasteiger partial charge < -0.3 is 19.3 Å². The number of fused-ring (bicyclic) bond motifs is 3. The fourth-order valence-electron chi connectivity index (χ4n) is 3.81. The first-order valence-electron chi connectivity index (χ1n) is 9.08. The summed E-state index contributed by atoms with van der Waals surface area (Å²) >= 11 is 6.26. The molecule has 0 aliphatic carbocycles. The van der Waals surface area contributed by atoms with Crippen molar-refractivity contribution < 1.29 is 23.0 Å². The molecule has 0 radical (unpaired) electrons. The molecule has 4 rings (SSSR count). The second kappa shape index (κ2) is 7.11. The molecule has 0 saturated heterocycles. The quantitative estimate of drug-likeness (QED) is 0.631. The van der Waals surface area contributed by atoms with Crippen molar-refractivity contribution in [2.75, 3.05) is 18.6 Å². The number of ether oxygens (including phenoxy) is 1. The van der Waals surface area contributed by atoms with Crippen LogP contribution in [0.5, 0.6) is 5.75 Å². The van der Waals surface area contributed by atoms with Crippen molar-refractivity contribution in [3.63, 3.8) is 0 Å². The molecule has 1 aromatic heterocycles. The van der Waals surface area contributed by atoms with E-state index in [1.54, 1.807) is 11.7 Å². The van der Waals surface area contributed by atoms with Crippen molar-refractivity contribution in [1.82, 2.24) is 9.55 Å². The van der Waals surface area contributed by atoms with Crippen LogP contribution in [0.2, 0.25) is 5.02 Å². The van der Waals surface area contributed by atoms with Crippen LogP contribution in [0.3, 0.4) is 0 Å². The molecule has 0 bridgehead atoms. The number of anilines is 2. The van der Waals surface area contributed by atoms with E-state index in [0.717, 1.165) is 17.0 Å². The summed E-state index contributed by atoms with van der Waals surface area (Å²) < 4.78 is 46.7. The summed E-state index contributed by atoms with van der Waals surface area (Å²) in [5.41, 5.74) is 2.06. The van der Waals surface area contributed by atoms with Crippen molar-refractivity contribution >= 4 is 34.3 Å². The molecule has 0 amide bonds. The zero-order valence-electron chi connectivity index (χ0n) is 15.8. The van der Waals surface area contributed by atoms with Gasteiger partial charge in [-0.15, -0.1) is 0 Å². The molecule has 29 heavy (non-hydrogen) atoms. The molecule has 1 atom stereocenters. The predicted octanol–water partition coefficient (Wildman–Crippen LogP) is 5.14. The Bertz CT molecular complexity index is 1080. The van der Waals surface area contributed by atoms with Crippen LogP contribution in [0.25, 0.3) is 11.0 Å². The van der Waals surface area contributed by atoms with Crippen LogP contribution >= 0.6 is 11.6 Å². The highest BCUT2D eigenvalue weighted by molar-refractivity contribution is 6.35. The highest BCUT2D eigenvalue weighted by Gasteiger charge is 2.41. The Morgan fingerprint density at radius 3 is 2.62 bits per heavy atom. The first kappa shape index (κ1) is 19.8. The van der Waals surface area contributed by atoms with Crippen molar-refractivity contribution in [2.45, 2.75) is 32.2 Å². The number of rotatable bonds is 3. The molecule has 1 aliphatic rings. The lowest BCUT2D eigenvalue weighted by Gasteiger charge is -2.31. The maximum atomic E-state index is 13.2. The smallest absolute Gasteiger partial charge is 0.418 e. The van der Waals surface area contributed by atoms with Gasteiger partial charge in [0.1, 0.15) is 11.3 Å². The summed E-state index contributed by atoms with van der Waals surface area (Å²) in [6, 6.07) is 8.18. The molecule has 2 aromatic carbocycles. The fourth-order valence-corrected chi connectivity index (χ4v) is 4.00. The van der Waals surface area contributed by atoms with Crippen LogP contribution in [0.15, 0.2) is 30.3 Å². The minimum absolute atomic E-state index is 0.216. The molecule has 1 N–H and O–H groups in total. The average molecular weight is 426 g/mol. The second-order valence-corrected chi connectivity index (χ2v) is 7.41. The maximum Gasteiger partial charge on any atom is 0.418 e. The van der Waals surface area contributed by atoms with Gasteiger partial charge in [-0.2, -0.15) is 13.2 Å². The van der Waals surface area contributed by atoms with Gasteiger partial charge in [0.15, 0.2) is 6.10 Å². The van der Waals surface area contributed by atoms with Gasteiger partial charge >= 0.3 is 6.18 Å². The molecule has 1 aliphatic heterocycles. The molecule has 0 saturated carbocycles. The molecular formula is C20H19ClF3N3O2. The number of aromatic nitrogens is 2. The summed E-state index contributed by atoms with van der Waals surface area (Å²) in [4.78, 5) is 6.52. The Kier molecular flexibility index (Phi) is 4.86. The summed E-state index contributed by atoms with van der Waals surface area (Å²) in [7, 11) is 1.59. The van der Waals surface area contributed by atoms with Crippen molar-refractivity contribution in [3.8, 4) is 5.75 Å². The minimum Gasteiger partial charge on any atom is -0.497 e. The van der Waals surface area contributed by atoms with Gasteiger partial charge in [0.05, 0.1) is 17.6 Å². The third kappa shape index (κ3) is 3.30. The topological polar surface area (TPSA) is 50.5 Å². The van der Waals surface area contributed by atoms with E-state index in [1.165, 1.54) is 12.1 Å². The SMILES string of the molecule is COc1ccc(N2CCCn3c2nc2c(Cl)ccc(C(O)C(F)(F)F)c23)c(C)c1. The predicted molar refractivity (Wildman–Crippen MR) is 105 cm³/mol. The molecule has 1 unspecified atom stereocenters.